The lowest BCUT2D eigenvalue weighted by Crippen LogP contribution is -2.23. The second kappa shape index (κ2) is 5.59. The molecule has 0 radical (unpaired) electrons. The number of rotatable bonds is 4. The largest absolute Gasteiger partial charge is 0.481 e. The van der Waals surface area contributed by atoms with Gasteiger partial charge in [0, 0.05) is 18.8 Å². The number of sulfone groups is 1. The first kappa shape index (κ1) is 15.7. The lowest BCUT2D eigenvalue weighted by atomic mass is 9.99. The molecule has 5 nitrogen and oxygen atoms in total. The fraction of sp³-hybridized carbons (Fsp3) is 0.462. The van der Waals surface area contributed by atoms with Gasteiger partial charge >= 0.3 is 11.7 Å². The first-order valence-corrected chi connectivity index (χ1v) is 7.88. The van der Waals surface area contributed by atoms with Crippen molar-refractivity contribution in [2.75, 3.05) is 18.0 Å². The summed E-state index contributed by atoms with van der Waals surface area (Å²) in [4.78, 5) is 12.4. The van der Waals surface area contributed by atoms with E-state index >= 15 is 0 Å². The van der Waals surface area contributed by atoms with Gasteiger partial charge in [-0.15, -0.1) is 0 Å². The highest BCUT2D eigenvalue weighted by Crippen LogP contribution is 2.29. The molecule has 116 valence electrons. The van der Waals surface area contributed by atoms with Crippen LogP contribution in [0.3, 0.4) is 0 Å². The van der Waals surface area contributed by atoms with Crippen molar-refractivity contribution >= 4 is 21.5 Å². The number of hydrogen-bond acceptors (Lipinski definition) is 4. The minimum Gasteiger partial charge on any atom is -0.481 e. The topological polar surface area (TPSA) is 74.7 Å². The highest BCUT2D eigenvalue weighted by Gasteiger charge is 2.35. The van der Waals surface area contributed by atoms with Crippen molar-refractivity contribution in [1.82, 2.24) is 0 Å². The standard InChI is InChI=1S/C13H15F2NO4S/c1-8-6-16(7-11(8)12(17)18)9-2-4-10(5-3-9)21(19,20)13(14)15/h2-5,8,11,13H,6-7H2,1H3,(H,17,18)/t8-,11-/m1/s1. The molecule has 8 heteroatoms. The van der Waals surface area contributed by atoms with Crippen molar-refractivity contribution in [1.29, 1.82) is 0 Å². The first-order valence-electron chi connectivity index (χ1n) is 6.33. The van der Waals surface area contributed by atoms with E-state index in [2.05, 4.69) is 0 Å². The highest BCUT2D eigenvalue weighted by atomic mass is 32.2. The third-order valence-corrected chi connectivity index (χ3v) is 5.09. The van der Waals surface area contributed by atoms with Gasteiger partial charge in [-0.3, -0.25) is 4.79 Å². The van der Waals surface area contributed by atoms with E-state index in [4.69, 9.17) is 5.11 Å². The molecule has 1 fully saturated rings. The zero-order valence-electron chi connectivity index (χ0n) is 11.2. The monoisotopic (exact) mass is 319 g/mol. The summed E-state index contributed by atoms with van der Waals surface area (Å²) in [5, 5.41) is 9.07. The number of aliphatic carboxylic acids is 1. The van der Waals surface area contributed by atoms with E-state index in [1.54, 1.807) is 0 Å². The summed E-state index contributed by atoms with van der Waals surface area (Å²) >= 11 is 0. The molecule has 1 aromatic rings. The molecule has 1 heterocycles. The van der Waals surface area contributed by atoms with Gasteiger partial charge in [0.1, 0.15) is 0 Å². The molecule has 1 aliphatic heterocycles. The number of carboxylic acid groups (broad SMARTS) is 1. The summed E-state index contributed by atoms with van der Waals surface area (Å²) in [7, 11) is -4.60. The second-order valence-corrected chi connectivity index (χ2v) is 7.04. The van der Waals surface area contributed by atoms with E-state index in [1.165, 1.54) is 12.1 Å². The molecule has 0 saturated carbocycles. The average Bonchev–Trinajstić information content (AvgIpc) is 2.81. The molecule has 0 unspecified atom stereocenters. The zero-order chi connectivity index (χ0) is 15.8. The van der Waals surface area contributed by atoms with E-state index in [0.29, 0.717) is 18.8 Å². The lowest BCUT2D eigenvalue weighted by Gasteiger charge is -2.18. The van der Waals surface area contributed by atoms with Gasteiger partial charge in [0.25, 0.3) is 0 Å². The maximum absolute atomic E-state index is 12.4. The maximum Gasteiger partial charge on any atom is 0.341 e. The number of nitrogens with zero attached hydrogens (tertiary/aromatic N) is 1. The van der Waals surface area contributed by atoms with Crippen LogP contribution in [0, 0.1) is 11.8 Å². The summed E-state index contributed by atoms with van der Waals surface area (Å²) < 4.78 is 47.5. The third-order valence-electron chi connectivity index (χ3n) is 3.69. The number of anilines is 1. The number of carbonyl (C=O) groups is 1. The fourth-order valence-electron chi connectivity index (χ4n) is 2.45. The second-order valence-electron chi connectivity index (χ2n) is 5.13. The zero-order valence-corrected chi connectivity index (χ0v) is 12.1. The Morgan fingerprint density at radius 3 is 2.29 bits per heavy atom. The van der Waals surface area contributed by atoms with Crippen LogP contribution in [0.2, 0.25) is 0 Å². The molecule has 1 saturated heterocycles. The van der Waals surface area contributed by atoms with Crippen LogP contribution in [0.4, 0.5) is 14.5 Å². The van der Waals surface area contributed by atoms with Crippen LogP contribution in [-0.2, 0) is 14.6 Å². The Hall–Kier alpha value is -1.70. The molecule has 2 rings (SSSR count). The Bertz CT molecular complexity index is 630. The Balaban J connectivity index is 2.20. The molecular weight excluding hydrogens is 304 g/mol. The van der Waals surface area contributed by atoms with Gasteiger partial charge in [0.2, 0.25) is 9.84 Å². The molecule has 1 aliphatic rings. The summed E-state index contributed by atoms with van der Waals surface area (Å²) in [5.74, 6) is -4.85. The van der Waals surface area contributed by atoms with Gasteiger partial charge in [0.15, 0.2) is 0 Å². The summed E-state index contributed by atoms with van der Waals surface area (Å²) in [6.45, 7) is 2.67. The van der Waals surface area contributed by atoms with Gasteiger partial charge in [-0.25, -0.2) is 8.42 Å². The van der Waals surface area contributed by atoms with Gasteiger partial charge in [-0.2, -0.15) is 8.78 Å². The van der Waals surface area contributed by atoms with E-state index in [-0.39, 0.29) is 5.92 Å². The molecule has 0 aliphatic carbocycles. The van der Waals surface area contributed by atoms with Crippen molar-refractivity contribution in [3.05, 3.63) is 24.3 Å². The molecule has 0 aromatic heterocycles. The summed E-state index contributed by atoms with van der Waals surface area (Å²) in [6, 6.07) is 5.09. The van der Waals surface area contributed by atoms with Crippen molar-refractivity contribution in [2.45, 2.75) is 17.6 Å². The van der Waals surface area contributed by atoms with Crippen LogP contribution in [0.1, 0.15) is 6.92 Å². The molecule has 21 heavy (non-hydrogen) atoms. The third kappa shape index (κ3) is 2.99. The lowest BCUT2D eigenvalue weighted by molar-refractivity contribution is -0.142. The average molecular weight is 319 g/mol. The molecular formula is C13H15F2NO4S. The molecule has 1 N–H and O–H groups in total. The van der Waals surface area contributed by atoms with Gasteiger partial charge < -0.3 is 10.0 Å². The smallest absolute Gasteiger partial charge is 0.341 e. The molecule has 0 bridgehead atoms. The van der Waals surface area contributed by atoms with Gasteiger partial charge in [-0.1, -0.05) is 6.92 Å². The SMILES string of the molecule is C[C@@H]1CN(c2ccc(S(=O)(=O)C(F)F)cc2)C[C@H]1C(=O)O. The van der Waals surface area contributed by atoms with Crippen LogP contribution in [0.25, 0.3) is 0 Å². The van der Waals surface area contributed by atoms with Gasteiger partial charge in [-0.05, 0) is 30.2 Å². The number of alkyl halides is 2. The Morgan fingerprint density at radius 1 is 1.29 bits per heavy atom. The van der Waals surface area contributed by atoms with Crippen molar-refractivity contribution in [2.24, 2.45) is 11.8 Å². The normalized spacial score (nSPS) is 22.8. The van der Waals surface area contributed by atoms with Crippen LogP contribution < -0.4 is 4.90 Å². The van der Waals surface area contributed by atoms with Crippen LogP contribution in [0.5, 0.6) is 0 Å². The summed E-state index contributed by atoms with van der Waals surface area (Å²) in [5.41, 5.74) is 0.624. The summed E-state index contributed by atoms with van der Waals surface area (Å²) in [6.07, 6.45) is 0. The van der Waals surface area contributed by atoms with Crippen LogP contribution in [0.15, 0.2) is 29.2 Å². The van der Waals surface area contributed by atoms with Crippen LogP contribution in [-0.4, -0.2) is 38.3 Å². The van der Waals surface area contributed by atoms with Gasteiger partial charge in [0.05, 0.1) is 10.8 Å². The maximum atomic E-state index is 12.4. The minimum absolute atomic E-state index is 0.0352. The Kier molecular flexibility index (Phi) is 4.18. The number of benzene rings is 1. The van der Waals surface area contributed by atoms with Crippen molar-refractivity contribution in [3.63, 3.8) is 0 Å². The van der Waals surface area contributed by atoms with E-state index in [0.717, 1.165) is 12.1 Å². The van der Waals surface area contributed by atoms with E-state index in [1.807, 2.05) is 11.8 Å². The number of carboxylic acids is 1. The predicted octanol–water partition coefficient (Wildman–Crippen LogP) is 1.84. The Morgan fingerprint density at radius 2 is 1.86 bits per heavy atom. The highest BCUT2D eigenvalue weighted by molar-refractivity contribution is 7.91. The van der Waals surface area contributed by atoms with Crippen molar-refractivity contribution in [3.8, 4) is 0 Å². The van der Waals surface area contributed by atoms with E-state index in [9.17, 15) is 22.0 Å². The van der Waals surface area contributed by atoms with Crippen LogP contribution >= 0.6 is 0 Å². The van der Waals surface area contributed by atoms with Crippen molar-refractivity contribution < 1.29 is 27.1 Å². The predicted molar refractivity (Wildman–Crippen MR) is 72.1 cm³/mol. The first-order chi connectivity index (χ1) is 9.73. The van der Waals surface area contributed by atoms with E-state index < -0.39 is 32.4 Å². The Labute approximate surface area is 121 Å². The molecule has 0 spiro atoms. The molecule has 0 amide bonds. The quantitative estimate of drug-likeness (QED) is 0.916. The minimum atomic E-state index is -4.60. The fourth-order valence-corrected chi connectivity index (χ4v) is 3.17. The molecule has 2 atom stereocenters. The molecule has 1 aromatic carbocycles. The number of hydrogen-bond donors (Lipinski definition) is 1. The number of halogens is 2.